The van der Waals surface area contributed by atoms with Gasteiger partial charge in [-0.3, -0.25) is 0 Å². The number of nitrogens with two attached hydrogens (primary N) is 1. The maximum Gasteiger partial charge on any atom is 0.227 e. The molecule has 0 amide bonds. The lowest BCUT2D eigenvalue weighted by atomic mass is 9.80. The zero-order chi connectivity index (χ0) is 14.9. The maximum absolute atomic E-state index is 6.28. The molecule has 0 radical (unpaired) electrons. The summed E-state index contributed by atoms with van der Waals surface area (Å²) in [5.74, 6) is 1.17. The normalized spacial score (nSPS) is 22.0. The molecule has 0 aliphatic heterocycles. The van der Waals surface area contributed by atoms with Gasteiger partial charge in [-0.05, 0) is 48.6 Å². The van der Waals surface area contributed by atoms with Crippen molar-refractivity contribution in [2.75, 3.05) is 0 Å². The van der Waals surface area contributed by atoms with E-state index < -0.39 is 0 Å². The van der Waals surface area contributed by atoms with Crippen molar-refractivity contribution in [3.63, 3.8) is 0 Å². The Morgan fingerprint density at radius 1 is 0.955 bits per heavy atom. The predicted octanol–water partition coefficient (Wildman–Crippen LogP) is 4.48. The SMILES string of the molecule is N[C@@H]1CCCC[C@H]1c1ccc(-c2nc3ccccc3o2)cc1. The molecule has 1 saturated carbocycles. The smallest absolute Gasteiger partial charge is 0.227 e. The van der Waals surface area contributed by atoms with Gasteiger partial charge in [0, 0.05) is 11.6 Å². The van der Waals surface area contributed by atoms with E-state index >= 15 is 0 Å². The van der Waals surface area contributed by atoms with E-state index in [1.165, 1.54) is 24.8 Å². The highest BCUT2D eigenvalue weighted by molar-refractivity contribution is 5.75. The second-order valence-electron chi connectivity index (χ2n) is 6.16. The highest BCUT2D eigenvalue weighted by atomic mass is 16.3. The number of oxazole rings is 1. The van der Waals surface area contributed by atoms with Crippen molar-refractivity contribution in [3.8, 4) is 11.5 Å². The lowest BCUT2D eigenvalue weighted by Crippen LogP contribution is -2.31. The number of fused-ring (bicyclic) bond motifs is 1. The Kier molecular flexibility index (Phi) is 3.43. The molecular formula is C19H20N2O. The average Bonchev–Trinajstić information content (AvgIpc) is 2.99. The minimum absolute atomic E-state index is 0.295. The first-order valence-corrected chi connectivity index (χ1v) is 8.03. The molecule has 3 aromatic rings. The van der Waals surface area contributed by atoms with Gasteiger partial charge in [0.2, 0.25) is 5.89 Å². The van der Waals surface area contributed by atoms with E-state index in [4.69, 9.17) is 10.2 Å². The van der Waals surface area contributed by atoms with Gasteiger partial charge in [0.05, 0.1) is 0 Å². The summed E-state index contributed by atoms with van der Waals surface area (Å²) in [5.41, 5.74) is 10.4. The van der Waals surface area contributed by atoms with Crippen molar-refractivity contribution in [2.45, 2.75) is 37.6 Å². The van der Waals surface area contributed by atoms with Crippen LogP contribution in [0.2, 0.25) is 0 Å². The minimum Gasteiger partial charge on any atom is -0.436 e. The standard InChI is InChI=1S/C19H20N2O/c20-16-6-2-1-5-15(16)13-9-11-14(12-10-13)19-21-17-7-3-4-8-18(17)22-19/h3-4,7-12,15-16H,1-2,5-6,20H2/t15-,16+/m0/s1. The molecule has 1 fully saturated rings. The zero-order valence-corrected chi connectivity index (χ0v) is 12.5. The van der Waals surface area contributed by atoms with E-state index in [9.17, 15) is 0 Å². The number of nitrogens with zero attached hydrogens (tertiary/aromatic N) is 1. The first-order chi connectivity index (χ1) is 10.8. The van der Waals surface area contributed by atoms with Crippen LogP contribution in [-0.2, 0) is 0 Å². The van der Waals surface area contributed by atoms with Gasteiger partial charge in [0.1, 0.15) is 5.52 Å². The Morgan fingerprint density at radius 2 is 1.73 bits per heavy atom. The van der Waals surface area contributed by atoms with E-state index in [1.54, 1.807) is 0 Å². The summed E-state index contributed by atoms with van der Waals surface area (Å²) < 4.78 is 5.82. The van der Waals surface area contributed by atoms with Crippen LogP contribution in [0.1, 0.15) is 37.2 Å². The number of hydrogen-bond acceptors (Lipinski definition) is 3. The highest BCUT2D eigenvalue weighted by Crippen LogP contribution is 2.33. The molecule has 1 aromatic heterocycles. The van der Waals surface area contributed by atoms with Crippen LogP contribution in [0.25, 0.3) is 22.6 Å². The molecule has 2 atom stereocenters. The summed E-state index contributed by atoms with van der Waals surface area (Å²) in [5, 5.41) is 0. The molecule has 0 unspecified atom stereocenters. The number of benzene rings is 2. The lowest BCUT2D eigenvalue weighted by molar-refractivity contribution is 0.385. The first kappa shape index (κ1) is 13.5. The van der Waals surface area contributed by atoms with Crippen LogP contribution in [0, 0.1) is 0 Å². The average molecular weight is 292 g/mol. The monoisotopic (exact) mass is 292 g/mol. The lowest BCUT2D eigenvalue weighted by Gasteiger charge is -2.28. The van der Waals surface area contributed by atoms with Crippen LogP contribution >= 0.6 is 0 Å². The van der Waals surface area contributed by atoms with Crippen molar-refractivity contribution in [3.05, 3.63) is 54.1 Å². The van der Waals surface area contributed by atoms with Gasteiger partial charge in [-0.15, -0.1) is 0 Å². The number of para-hydroxylation sites is 2. The van der Waals surface area contributed by atoms with E-state index in [1.807, 2.05) is 24.3 Å². The van der Waals surface area contributed by atoms with Crippen molar-refractivity contribution in [1.29, 1.82) is 0 Å². The van der Waals surface area contributed by atoms with E-state index in [-0.39, 0.29) is 0 Å². The van der Waals surface area contributed by atoms with Gasteiger partial charge in [-0.1, -0.05) is 37.1 Å². The fourth-order valence-corrected chi connectivity index (χ4v) is 3.44. The highest BCUT2D eigenvalue weighted by Gasteiger charge is 2.23. The third-order valence-corrected chi connectivity index (χ3v) is 4.70. The quantitative estimate of drug-likeness (QED) is 0.757. The summed E-state index contributed by atoms with van der Waals surface area (Å²) >= 11 is 0. The van der Waals surface area contributed by atoms with Gasteiger partial charge in [-0.25, -0.2) is 4.98 Å². The van der Waals surface area contributed by atoms with E-state index in [0.29, 0.717) is 17.9 Å². The molecular weight excluding hydrogens is 272 g/mol. The zero-order valence-electron chi connectivity index (χ0n) is 12.5. The molecule has 0 saturated heterocycles. The van der Waals surface area contributed by atoms with Gasteiger partial charge >= 0.3 is 0 Å². The molecule has 2 N–H and O–H groups in total. The molecule has 3 nitrogen and oxygen atoms in total. The minimum atomic E-state index is 0.295. The maximum atomic E-state index is 6.28. The van der Waals surface area contributed by atoms with Crippen LogP contribution < -0.4 is 5.73 Å². The summed E-state index contributed by atoms with van der Waals surface area (Å²) in [4.78, 5) is 4.55. The number of rotatable bonds is 2. The van der Waals surface area contributed by atoms with Gasteiger partial charge < -0.3 is 10.2 Å². The summed E-state index contributed by atoms with van der Waals surface area (Å²) in [6, 6.07) is 16.7. The molecule has 3 heteroatoms. The Hall–Kier alpha value is -2.13. The number of hydrogen-bond donors (Lipinski definition) is 1. The second kappa shape index (κ2) is 5.58. The molecule has 112 valence electrons. The molecule has 22 heavy (non-hydrogen) atoms. The Morgan fingerprint density at radius 3 is 2.50 bits per heavy atom. The first-order valence-electron chi connectivity index (χ1n) is 8.03. The van der Waals surface area contributed by atoms with Gasteiger partial charge in [0.25, 0.3) is 0 Å². The Balaban J connectivity index is 1.63. The Bertz CT molecular complexity index is 742. The molecule has 1 aliphatic carbocycles. The summed E-state index contributed by atoms with van der Waals surface area (Å²) in [6.07, 6.45) is 4.88. The third-order valence-electron chi connectivity index (χ3n) is 4.70. The molecule has 1 heterocycles. The van der Waals surface area contributed by atoms with Crippen LogP contribution in [0.4, 0.5) is 0 Å². The topological polar surface area (TPSA) is 52.0 Å². The van der Waals surface area contributed by atoms with E-state index in [2.05, 4.69) is 29.2 Å². The summed E-state index contributed by atoms with van der Waals surface area (Å²) in [7, 11) is 0. The second-order valence-corrected chi connectivity index (χ2v) is 6.16. The Labute approximate surface area is 130 Å². The number of aromatic nitrogens is 1. The fourth-order valence-electron chi connectivity index (χ4n) is 3.44. The molecule has 0 bridgehead atoms. The van der Waals surface area contributed by atoms with E-state index in [0.717, 1.165) is 23.1 Å². The molecule has 1 aliphatic rings. The van der Waals surface area contributed by atoms with Crippen LogP contribution in [0.5, 0.6) is 0 Å². The van der Waals surface area contributed by atoms with Gasteiger partial charge in [-0.2, -0.15) is 0 Å². The molecule has 2 aromatic carbocycles. The van der Waals surface area contributed by atoms with Crippen molar-refractivity contribution < 1.29 is 4.42 Å². The third kappa shape index (κ3) is 2.42. The van der Waals surface area contributed by atoms with Crippen molar-refractivity contribution in [1.82, 2.24) is 4.98 Å². The molecule has 4 rings (SSSR count). The van der Waals surface area contributed by atoms with Gasteiger partial charge in [0.15, 0.2) is 5.58 Å². The van der Waals surface area contributed by atoms with Crippen molar-refractivity contribution >= 4 is 11.1 Å². The predicted molar refractivity (Wildman–Crippen MR) is 88.6 cm³/mol. The van der Waals surface area contributed by atoms with Crippen LogP contribution in [-0.4, -0.2) is 11.0 Å². The van der Waals surface area contributed by atoms with Crippen LogP contribution in [0.15, 0.2) is 52.9 Å². The van der Waals surface area contributed by atoms with Crippen LogP contribution in [0.3, 0.4) is 0 Å². The largest absolute Gasteiger partial charge is 0.436 e. The van der Waals surface area contributed by atoms with Crippen molar-refractivity contribution in [2.24, 2.45) is 5.73 Å². The molecule has 0 spiro atoms. The fraction of sp³-hybridized carbons (Fsp3) is 0.316. The summed E-state index contributed by atoms with van der Waals surface area (Å²) in [6.45, 7) is 0.